The van der Waals surface area contributed by atoms with Crippen molar-refractivity contribution in [2.45, 2.75) is 34.6 Å². The Kier molecular flexibility index (Phi) is 3.87. The first-order valence-electron chi connectivity index (χ1n) is 7.73. The Hall–Kier alpha value is -0.520. The molecule has 0 unspecified atom stereocenters. The maximum Gasteiger partial charge on any atom is 0.0164 e. The van der Waals surface area contributed by atoms with Crippen LogP contribution in [0.1, 0.15) is 34.6 Å². The molecule has 0 heterocycles. The lowest BCUT2D eigenvalue weighted by Crippen LogP contribution is -2.31. The standard InChI is InChI=1S/C21H24/c1-20(2,3)16-11-12-17(14-16)21(4,5)19-13-10-15-8-6-7-9-18(15)19/h6-14H,1-5H3. The van der Waals surface area contributed by atoms with Gasteiger partial charge in [0.25, 0.3) is 0 Å². The van der Waals surface area contributed by atoms with Crippen LogP contribution in [0.3, 0.4) is 0 Å². The Labute approximate surface area is 132 Å². The van der Waals surface area contributed by atoms with Gasteiger partial charge in [-0.05, 0) is 60.7 Å². The molecule has 0 nitrogen and oxygen atoms in total. The lowest BCUT2D eigenvalue weighted by molar-refractivity contribution is 0.430. The highest BCUT2D eigenvalue weighted by Gasteiger charge is 2.50. The zero-order valence-corrected chi connectivity index (χ0v) is 13.7. The third-order valence-corrected chi connectivity index (χ3v) is 4.70. The summed E-state index contributed by atoms with van der Waals surface area (Å²) in [4.78, 5) is 0. The minimum Gasteiger partial charge on any atom is -0.0762 e. The fourth-order valence-electron chi connectivity index (χ4n) is 3.15. The van der Waals surface area contributed by atoms with Crippen LogP contribution in [0.5, 0.6) is 0 Å². The Morgan fingerprint density at radius 2 is 1.38 bits per heavy atom. The van der Waals surface area contributed by atoms with Gasteiger partial charge in [0.15, 0.2) is 0 Å². The van der Waals surface area contributed by atoms with Crippen molar-refractivity contribution in [2.75, 3.05) is 0 Å². The average molecular weight is 276 g/mol. The molecule has 0 spiro atoms. The molecule has 21 heavy (non-hydrogen) atoms. The summed E-state index contributed by atoms with van der Waals surface area (Å²) in [6.07, 6.45) is 20.1. The van der Waals surface area contributed by atoms with Crippen molar-refractivity contribution in [3.8, 4) is 0 Å². The predicted octanol–water partition coefficient (Wildman–Crippen LogP) is 5.11. The monoisotopic (exact) mass is 276 g/mol. The van der Waals surface area contributed by atoms with E-state index in [0.717, 1.165) is 0 Å². The Morgan fingerprint density at radius 3 is 2.05 bits per heavy atom. The molecule has 3 aliphatic rings. The molecule has 3 rings (SSSR count). The maximum absolute atomic E-state index is 2.38. The zero-order chi connectivity index (χ0) is 15.3. The van der Waals surface area contributed by atoms with Crippen molar-refractivity contribution in [3.05, 3.63) is 86.0 Å². The second kappa shape index (κ2) is 5.28. The third-order valence-electron chi connectivity index (χ3n) is 4.70. The van der Waals surface area contributed by atoms with Gasteiger partial charge in [-0.15, -0.1) is 0 Å². The summed E-state index contributed by atoms with van der Waals surface area (Å²) in [7, 11) is 0. The van der Waals surface area contributed by atoms with Crippen LogP contribution in [0.4, 0.5) is 0 Å². The molecule has 0 heteroatoms. The third kappa shape index (κ3) is 2.76. The molecule has 10 radical (unpaired) electrons. The van der Waals surface area contributed by atoms with Gasteiger partial charge in [-0.25, -0.2) is 0 Å². The highest BCUT2D eigenvalue weighted by atomic mass is 14.5. The topological polar surface area (TPSA) is 0 Å². The normalized spacial score (nSPS) is 26.9. The molecule has 2 saturated carbocycles. The Bertz CT molecular complexity index is 431. The molecule has 0 bridgehead atoms. The summed E-state index contributed by atoms with van der Waals surface area (Å²) >= 11 is 0. The van der Waals surface area contributed by atoms with Crippen molar-refractivity contribution in [1.29, 1.82) is 0 Å². The zero-order valence-electron chi connectivity index (χ0n) is 13.7. The van der Waals surface area contributed by atoms with Crippen LogP contribution >= 0.6 is 0 Å². The van der Waals surface area contributed by atoms with Gasteiger partial charge in [0.2, 0.25) is 0 Å². The molecular formula is C21H24. The van der Waals surface area contributed by atoms with Crippen LogP contribution in [0.25, 0.3) is 0 Å². The van der Waals surface area contributed by atoms with Crippen LogP contribution in [-0.4, -0.2) is 0 Å². The lowest BCUT2D eigenvalue weighted by Gasteiger charge is -2.40. The van der Waals surface area contributed by atoms with Crippen LogP contribution in [0.2, 0.25) is 0 Å². The van der Waals surface area contributed by atoms with E-state index in [4.69, 9.17) is 0 Å². The van der Waals surface area contributed by atoms with E-state index >= 15 is 0 Å². The SMILES string of the molecule is CC(C)(C)[C]1[CH][CH][C](C(C)(C)[C]2[CH][CH][C]3C=CC=C[C]32)[CH]1. The average Bonchev–Trinajstić information content (AvgIpc) is 3.05. The van der Waals surface area contributed by atoms with Crippen LogP contribution < -0.4 is 0 Å². The van der Waals surface area contributed by atoms with E-state index in [0.29, 0.717) is 0 Å². The minimum atomic E-state index is 0.0343. The predicted molar refractivity (Wildman–Crippen MR) is 89.2 cm³/mol. The maximum atomic E-state index is 2.38. The number of hydrogen-bond acceptors (Lipinski definition) is 0. The van der Waals surface area contributed by atoms with Gasteiger partial charge in [-0.3, -0.25) is 0 Å². The second-order valence-corrected chi connectivity index (χ2v) is 7.60. The molecule has 108 valence electrons. The molecule has 0 atom stereocenters. The van der Waals surface area contributed by atoms with Crippen molar-refractivity contribution >= 4 is 0 Å². The molecule has 0 aromatic rings. The van der Waals surface area contributed by atoms with Gasteiger partial charge in [-0.2, -0.15) is 0 Å². The van der Waals surface area contributed by atoms with Gasteiger partial charge in [0.05, 0.1) is 0 Å². The minimum absolute atomic E-state index is 0.0343. The van der Waals surface area contributed by atoms with Crippen molar-refractivity contribution in [1.82, 2.24) is 0 Å². The van der Waals surface area contributed by atoms with E-state index in [-0.39, 0.29) is 10.8 Å². The summed E-state index contributed by atoms with van der Waals surface area (Å²) < 4.78 is 0. The highest BCUT2D eigenvalue weighted by Crippen LogP contribution is 2.59. The van der Waals surface area contributed by atoms with Crippen molar-refractivity contribution in [3.63, 3.8) is 0 Å². The summed E-state index contributed by atoms with van der Waals surface area (Å²) in [6, 6.07) is 0. The fraction of sp³-hybridized carbons (Fsp3) is 0.333. The lowest BCUT2D eigenvalue weighted by atomic mass is 9.63. The van der Waals surface area contributed by atoms with Gasteiger partial charge < -0.3 is 0 Å². The number of hydrogen-bond donors (Lipinski definition) is 0. The molecule has 0 saturated heterocycles. The van der Waals surface area contributed by atoms with E-state index in [9.17, 15) is 0 Å². The molecule has 0 aliphatic heterocycles. The van der Waals surface area contributed by atoms with E-state index in [1.54, 1.807) is 0 Å². The Morgan fingerprint density at radius 1 is 0.714 bits per heavy atom. The molecule has 3 aliphatic carbocycles. The molecule has 0 N–H and O–H groups in total. The Balaban J connectivity index is 1.73. The van der Waals surface area contributed by atoms with E-state index in [1.165, 1.54) is 29.6 Å². The number of rotatable bonds is 2. The highest BCUT2D eigenvalue weighted by molar-refractivity contribution is 5.66. The largest absolute Gasteiger partial charge is 0.0762 e. The second-order valence-electron chi connectivity index (χ2n) is 7.60. The fourth-order valence-corrected chi connectivity index (χ4v) is 3.15. The first-order valence-corrected chi connectivity index (χ1v) is 7.73. The van der Waals surface area contributed by atoms with E-state index < -0.39 is 0 Å². The number of allylic oxidation sites excluding steroid dienone is 4. The van der Waals surface area contributed by atoms with Crippen LogP contribution in [0.15, 0.2) is 24.3 Å². The van der Waals surface area contributed by atoms with Gasteiger partial charge in [-0.1, -0.05) is 58.9 Å². The summed E-state index contributed by atoms with van der Waals surface area (Å²) in [5.41, 5.74) is 0.245. The first-order chi connectivity index (χ1) is 9.80. The van der Waals surface area contributed by atoms with Crippen molar-refractivity contribution in [2.24, 2.45) is 10.8 Å². The van der Waals surface area contributed by atoms with Gasteiger partial charge in [0, 0.05) is 11.8 Å². The summed E-state index contributed by atoms with van der Waals surface area (Å²) in [5.74, 6) is 6.96. The molecule has 0 aromatic heterocycles. The van der Waals surface area contributed by atoms with Crippen LogP contribution in [-0.2, 0) is 0 Å². The van der Waals surface area contributed by atoms with E-state index in [2.05, 4.69) is 91.0 Å². The van der Waals surface area contributed by atoms with E-state index in [1.807, 2.05) is 0 Å². The molecule has 0 aromatic carbocycles. The molecular weight excluding hydrogens is 252 g/mol. The molecule has 0 amide bonds. The quantitative estimate of drug-likeness (QED) is 0.658. The van der Waals surface area contributed by atoms with Crippen molar-refractivity contribution < 1.29 is 0 Å². The molecule has 2 fully saturated rings. The van der Waals surface area contributed by atoms with Gasteiger partial charge in [0.1, 0.15) is 0 Å². The smallest absolute Gasteiger partial charge is 0.0164 e. The summed E-state index contributed by atoms with van der Waals surface area (Å²) in [6.45, 7) is 11.5. The van der Waals surface area contributed by atoms with Gasteiger partial charge >= 0.3 is 0 Å². The van der Waals surface area contributed by atoms with Crippen LogP contribution in [0, 0.1) is 72.5 Å². The first kappa shape index (κ1) is 15.4. The number of fused-ring (bicyclic) bond motifs is 1. The summed E-state index contributed by atoms with van der Waals surface area (Å²) in [5, 5.41) is 0.